The summed E-state index contributed by atoms with van der Waals surface area (Å²) in [5.74, 6) is 0. The summed E-state index contributed by atoms with van der Waals surface area (Å²) in [6.07, 6.45) is 1.38. The van der Waals surface area contributed by atoms with Gasteiger partial charge in [0.1, 0.15) is 0 Å². The second-order valence-electron chi connectivity index (χ2n) is 5.68. The number of nitrogens with two attached hydrogens (primary N) is 1. The van der Waals surface area contributed by atoms with Crippen molar-refractivity contribution in [2.75, 3.05) is 13.1 Å². The highest BCUT2D eigenvalue weighted by Gasteiger charge is 2.33. The molecule has 1 aliphatic heterocycles. The lowest BCUT2D eigenvalue weighted by Crippen LogP contribution is -2.55. The van der Waals surface area contributed by atoms with Crippen molar-refractivity contribution in [2.24, 2.45) is 5.73 Å². The van der Waals surface area contributed by atoms with Crippen LogP contribution in [0.2, 0.25) is 0 Å². The number of morpholine rings is 1. The van der Waals surface area contributed by atoms with Gasteiger partial charge in [-0.2, -0.15) is 0 Å². The Balaban J connectivity index is 2.54. The van der Waals surface area contributed by atoms with Gasteiger partial charge in [0.05, 0.1) is 11.7 Å². The van der Waals surface area contributed by atoms with Gasteiger partial charge in [-0.15, -0.1) is 0 Å². The van der Waals surface area contributed by atoms with E-state index >= 15 is 0 Å². The number of nitrogens with zero attached hydrogens (tertiary/aromatic N) is 1. The van der Waals surface area contributed by atoms with E-state index < -0.39 is 0 Å². The fourth-order valence-electron chi connectivity index (χ4n) is 2.53. The largest absolute Gasteiger partial charge is 0.370 e. The van der Waals surface area contributed by atoms with E-state index in [1.165, 1.54) is 0 Å². The Morgan fingerprint density at radius 1 is 1.47 bits per heavy atom. The molecule has 1 heterocycles. The fraction of sp³-hybridized carbons (Fsp3) is 1.00. The van der Waals surface area contributed by atoms with E-state index in [9.17, 15) is 0 Å². The predicted octanol–water partition coefficient (Wildman–Crippen LogP) is 1.61. The van der Waals surface area contributed by atoms with Gasteiger partial charge in [-0.25, -0.2) is 0 Å². The number of ether oxygens (including phenoxy) is 1. The SMILES string of the molecule is CC(N)CC(C)N1CC(C)OC(C)(C)C1. The average molecular weight is 214 g/mol. The van der Waals surface area contributed by atoms with Crippen LogP contribution in [0.25, 0.3) is 0 Å². The van der Waals surface area contributed by atoms with E-state index in [1.54, 1.807) is 0 Å². The van der Waals surface area contributed by atoms with Crippen molar-refractivity contribution in [3.8, 4) is 0 Å². The highest BCUT2D eigenvalue weighted by molar-refractivity contribution is 4.85. The molecule has 3 nitrogen and oxygen atoms in total. The van der Waals surface area contributed by atoms with Gasteiger partial charge in [-0.1, -0.05) is 0 Å². The Morgan fingerprint density at radius 2 is 2.07 bits per heavy atom. The first kappa shape index (κ1) is 12.9. The lowest BCUT2D eigenvalue weighted by atomic mass is 10.0. The number of hydrogen-bond donors (Lipinski definition) is 1. The van der Waals surface area contributed by atoms with Crippen LogP contribution < -0.4 is 5.73 Å². The molecule has 0 aromatic heterocycles. The molecule has 1 aliphatic rings. The first-order chi connectivity index (χ1) is 6.80. The molecule has 0 aromatic carbocycles. The molecule has 90 valence electrons. The summed E-state index contributed by atoms with van der Waals surface area (Å²) < 4.78 is 5.89. The molecule has 0 aromatic rings. The predicted molar refractivity (Wildman–Crippen MR) is 63.9 cm³/mol. The minimum absolute atomic E-state index is 0.0240. The first-order valence-corrected chi connectivity index (χ1v) is 5.97. The topological polar surface area (TPSA) is 38.5 Å². The highest BCUT2D eigenvalue weighted by atomic mass is 16.5. The fourth-order valence-corrected chi connectivity index (χ4v) is 2.53. The van der Waals surface area contributed by atoms with Gasteiger partial charge in [-0.05, 0) is 41.0 Å². The molecular weight excluding hydrogens is 188 g/mol. The summed E-state index contributed by atoms with van der Waals surface area (Å²) in [6.45, 7) is 12.8. The third kappa shape index (κ3) is 4.09. The average Bonchev–Trinajstić information content (AvgIpc) is 1.98. The molecular formula is C12H26N2O. The van der Waals surface area contributed by atoms with Gasteiger partial charge in [0, 0.05) is 25.2 Å². The molecule has 3 heteroatoms. The van der Waals surface area contributed by atoms with Crippen molar-refractivity contribution in [2.45, 2.75) is 64.8 Å². The Kier molecular flexibility index (Phi) is 4.15. The van der Waals surface area contributed by atoms with Gasteiger partial charge in [0.15, 0.2) is 0 Å². The monoisotopic (exact) mass is 214 g/mol. The molecule has 1 rings (SSSR count). The molecule has 3 atom stereocenters. The molecule has 0 saturated carbocycles. The van der Waals surface area contributed by atoms with Crippen molar-refractivity contribution >= 4 is 0 Å². The van der Waals surface area contributed by atoms with Crippen LogP contribution in [0.1, 0.15) is 41.0 Å². The van der Waals surface area contributed by atoms with Crippen molar-refractivity contribution in [3.05, 3.63) is 0 Å². The molecule has 15 heavy (non-hydrogen) atoms. The molecule has 1 fully saturated rings. The van der Waals surface area contributed by atoms with Gasteiger partial charge in [0.2, 0.25) is 0 Å². The van der Waals surface area contributed by atoms with E-state index in [2.05, 4.69) is 39.5 Å². The Labute approximate surface area is 94.0 Å². The third-order valence-corrected chi connectivity index (χ3v) is 2.93. The van der Waals surface area contributed by atoms with Crippen LogP contribution in [-0.2, 0) is 4.74 Å². The molecule has 2 N–H and O–H groups in total. The summed E-state index contributed by atoms with van der Waals surface area (Å²) in [4.78, 5) is 2.50. The van der Waals surface area contributed by atoms with Crippen LogP contribution in [-0.4, -0.2) is 41.8 Å². The highest BCUT2D eigenvalue weighted by Crippen LogP contribution is 2.23. The maximum atomic E-state index is 5.89. The minimum atomic E-state index is -0.0240. The van der Waals surface area contributed by atoms with Crippen LogP contribution in [0.4, 0.5) is 0 Å². The van der Waals surface area contributed by atoms with Gasteiger partial charge in [-0.3, -0.25) is 4.90 Å². The smallest absolute Gasteiger partial charge is 0.0757 e. The van der Waals surface area contributed by atoms with Crippen LogP contribution >= 0.6 is 0 Å². The Hall–Kier alpha value is -0.120. The van der Waals surface area contributed by atoms with E-state index in [1.807, 2.05) is 0 Å². The van der Waals surface area contributed by atoms with E-state index in [4.69, 9.17) is 10.5 Å². The molecule has 0 aliphatic carbocycles. The van der Waals surface area contributed by atoms with Crippen molar-refractivity contribution in [1.29, 1.82) is 0 Å². The Morgan fingerprint density at radius 3 is 2.53 bits per heavy atom. The van der Waals surface area contributed by atoms with Crippen LogP contribution in [0.5, 0.6) is 0 Å². The van der Waals surface area contributed by atoms with Gasteiger partial charge in [0.25, 0.3) is 0 Å². The van der Waals surface area contributed by atoms with Crippen molar-refractivity contribution < 1.29 is 4.74 Å². The minimum Gasteiger partial charge on any atom is -0.370 e. The second-order valence-corrected chi connectivity index (χ2v) is 5.68. The Bertz CT molecular complexity index is 204. The third-order valence-electron chi connectivity index (χ3n) is 2.93. The van der Waals surface area contributed by atoms with E-state index in [0.29, 0.717) is 12.1 Å². The molecule has 0 amide bonds. The zero-order chi connectivity index (χ0) is 11.6. The summed E-state index contributed by atoms with van der Waals surface area (Å²) in [5.41, 5.74) is 5.82. The quantitative estimate of drug-likeness (QED) is 0.776. The maximum absolute atomic E-state index is 5.89. The lowest BCUT2D eigenvalue weighted by Gasteiger charge is -2.44. The number of hydrogen-bond acceptors (Lipinski definition) is 3. The summed E-state index contributed by atoms with van der Waals surface area (Å²) >= 11 is 0. The second kappa shape index (κ2) is 4.81. The van der Waals surface area contributed by atoms with Crippen LogP contribution in [0, 0.1) is 0 Å². The van der Waals surface area contributed by atoms with E-state index in [-0.39, 0.29) is 11.6 Å². The standard InChI is InChI=1S/C12H26N2O/c1-9(13)6-10(2)14-7-11(3)15-12(4,5)8-14/h9-11H,6-8,13H2,1-5H3. The number of rotatable bonds is 3. The van der Waals surface area contributed by atoms with E-state index in [0.717, 1.165) is 19.5 Å². The zero-order valence-corrected chi connectivity index (χ0v) is 10.8. The summed E-state index contributed by atoms with van der Waals surface area (Å²) in [7, 11) is 0. The van der Waals surface area contributed by atoms with Gasteiger partial charge < -0.3 is 10.5 Å². The van der Waals surface area contributed by atoms with Crippen LogP contribution in [0.15, 0.2) is 0 Å². The first-order valence-electron chi connectivity index (χ1n) is 5.97. The summed E-state index contributed by atoms with van der Waals surface area (Å²) in [6, 6.07) is 0.830. The molecule has 1 saturated heterocycles. The lowest BCUT2D eigenvalue weighted by molar-refractivity contribution is -0.137. The van der Waals surface area contributed by atoms with Crippen molar-refractivity contribution in [3.63, 3.8) is 0 Å². The summed E-state index contributed by atoms with van der Waals surface area (Å²) in [5, 5.41) is 0. The molecule has 0 spiro atoms. The van der Waals surface area contributed by atoms with Crippen LogP contribution in [0.3, 0.4) is 0 Å². The molecule has 0 bridgehead atoms. The van der Waals surface area contributed by atoms with Crippen molar-refractivity contribution in [1.82, 2.24) is 4.90 Å². The zero-order valence-electron chi connectivity index (χ0n) is 10.8. The molecule has 0 radical (unpaired) electrons. The normalized spacial score (nSPS) is 31.2. The molecule has 3 unspecified atom stereocenters. The maximum Gasteiger partial charge on any atom is 0.0757 e. The van der Waals surface area contributed by atoms with Gasteiger partial charge >= 0.3 is 0 Å².